The maximum absolute atomic E-state index is 12.0. The number of nitrogens with one attached hydrogen (secondary N) is 1. The first-order valence-electron chi connectivity index (χ1n) is 6.05. The molecule has 0 unspecified atom stereocenters. The summed E-state index contributed by atoms with van der Waals surface area (Å²) in [5.74, 6) is -0.409. The van der Waals surface area contributed by atoms with Crippen molar-refractivity contribution in [1.29, 1.82) is 0 Å². The van der Waals surface area contributed by atoms with Gasteiger partial charge in [0.15, 0.2) is 5.13 Å². The zero-order chi connectivity index (χ0) is 15.5. The van der Waals surface area contributed by atoms with E-state index < -0.39 is 10.8 Å². The molecule has 0 radical (unpaired) electrons. The first-order valence-corrected chi connectivity index (χ1v) is 7.74. The van der Waals surface area contributed by atoms with Crippen LogP contribution in [-0.4, -0.2) is 20.8 Å². The topological polar surface area (TPSA) is 98.0 Å². The summed E-state index contributed by atoms with van der Waals surface area (Å²) >= 11 is 2.12. The molecule has 9 heteroatoms. The Morgan fingerprint density at radius 2 is 2.00 bits per heavy atom. The molecule has 0 spiro atoms. The molecule has 22 heavy (non-hydrogen) atoms. The highest BCUT2D eigenvalue weighted by Gasteiger charge is 2.16. The van der Waals surface area contributed by atoms with Crippen LogP contribution < -0.4 is 5.32 Å². The minimum atomic E-state index is -0.521. The van der Waals surface area contributed by atoms with Crippen LogP contribution in [0.2, 0.25) is 0 Å². The van der Waals surface area contributed by atoms with Crippen LogP contribution >= 0.6 is 22.7 Å². The summed E-state index contributed by atoms with van der Waals surface area (Å²) in [5, 5.41) is 15.5. The van der Waals surface area contributed by atoms with Crippen molar-refractivity contribution in [1.82, 2.24) is 9.97 Å². The molecule has 0 saturated carbocycles. The zero-order valence-corrected chi connectivity index (χ0v) is 12.6. The third-order valence-electron chi connectivity index (χ3n) is 2.70. The fraction of sp³-hybridized carbons (Fsp3) is 0. The van der Waals surface area contributed by atoms with Crippen molar-refractivity contribution >= 4 is 38.7 Å². The monoisotopic (exact) mass is 332 g/mol. The molecule has 7 nitrogen and oxygen atoms in total. The molecule has 1 amide bonds. The number of hydrogen-bond acceptors (Lipinski definition) is 7. The first kappa shape index (κ1) is 14.3. The maximum atomic E-state index is 12.0. The van der Waals surface area contributed by atoms with E-state index in [-0.39, 0.29) is 9.88 Å². The van der Waals surface area contributed by atoms with Gasteiger partial charge >= 0.3 is 5.00 Å². The molecular weight excluding hydrogens is 324 g/mol. The van der Waals surface area contributed by atoms with Crippen LogP contribution in [-0.2, 0) is 0 Å². The van der Waals surface area contributed by atoms with Crippen molar-refractivity contribution in [3.63, 3.8) is 0 Å². The lowest BCUT2D eigenvalue weighted by Crippen LogP contribution is -2.09. The number of nitro groups is 1. The second-order valence-electron chi connectivity index (χ2n) is 4.12. The molecule has 1 N–H and O–H groups in total. The number of anilines is 1. The second kappa shape index (κ2) is 6.00. The smallest absolute Gasteiger partial charge is 0.297 e. The SMILES string of the molecule is O=C(Nc1nc(-c2ccncc2)cs1)c1ccc([N+](=O)[O-])s1. The highest BCUT2D eigenvalue weighted by Crippen LogP contribution is 2.27. The third-order valence-corrected chi connectivity index (χ3v) is 4.49. The third kappa shape index (κ3) is 3.00. The van der Waals surface area contributed by atoms with Crippen LogP contribution in [0.25, 0.3) is 11.3 Å². The molecule has 0 saturated heterocycles. The molecule has 3 heterocycles. The average molecular weight is 332 g/mol. The van der Waals surface area contributed by atoms with E-state index in [1.165, 1.54) is 23.5 Å². The summed E-state index contributed by atoms with van der Waals surface area (Å²) in [5.41, 5.74) is 1.64. The number of hydrogen-bond donors (Lipinski definition) is 1. The molecule has 0 atom stereocenters. The molecule has 0 fully saturated rings. The van der Waals surface area contributed by atoms with Crippen LogP contribution in [0, 0.1) is 10.1 Å². The van der Waals surface area contributed by atoms with Gasteiger partial charge in [-0.3, -0.25) is 25.2 Å². The van der Waals surface area contributed by atoms with E-state index in [2.05, 4.69) is 15.3 Å². The van der Waals surface area contributed by atoms with Gasteiger partial charge in [0.1, 0.15) is 0 Å². The van der Waals surface area contributed by atoms with Crippen LogP contribution in [0.1, 0.15) is 9.67 Å². The van der Waals surface area contributed by atoms with Gasteiger partial charge < -0.3 is 0 Å². The molecule has 0 aliphatic heterocycles. The largest absolute Gasteiger partial charge is 0.324 e. The Labute approximate surface area is 132 Å². The number of pyridine rings is 1. The van der Waals surface area contributed by atoms with Crippen LogP contribution in [0.3, 0.4) is 0 Å². The van der Waals surface area contributed by atoms with Gasteiger partial charge in [-0.15, -0.1) is 11.3 Å². The van der Waals surface area contributed by atoms with E-state index >= 15 is 0 Å². The minimum absolute atomic E-state index is 0.0678. The Balaban J connectivity index is 1.74. The number of thiazole rings is 1. The molecule has 0 bridgehead atoms. The number of thiophene rings is 1. The summed E-state index contributed by atoms with van der Waals surface area (Å²) in [6, 6.07) is 6.38. The van der Waals surface area contributed by atoms with Crippen molar-refractivity contribution in [2.75, 3.05) is 5.32 Å². The Morgan fingerprint density at radius 1 is 1.23 bits per heavy atom. The molecule has 0 aliphatic carbocycles. The highest BCUT2D eigenvalue weighted by molar-refractivity contribution is 7.17. The van der Waals surface area contributed by atoms with Crippen molar-refractivity contribution in [3.05, 3.63) is 57.0 Å². The van der Waals surface area contributed by atoms with Gasteiger partial charge in [-0.1, -0.05) is 11.3 Å². The fourth-order valence-corrected chi connectivity index (χ4v) is 3.12. The molecule has 0 aliphatic rings. The molecule has 0 aromatic carbocycles. The van der Waals surface area contributed by atoms with E-state index in [0.29, 0.717) is 5.13 Å². The Kier molecular flexibility index (Phi) is 3.90. The Morgan fingerprint density at radius 3 is 2.68 bits per heavy atom. The van der Waals surface area contributed by atoms with E-state index in [1.54, 1.807) is 12.4 Å². The predicted molar refractivity (Wildman–Crippen MR) is 84.3 cm³/mol. The zero-order valence-electron chi connectivity index (χ0n) is 10.9. The van der Waals surface area contributed by atoms with Gasteiger partial charge in [-0.25, -0.2) is 4.98 Å². The van der Waals surface area contributed by atoms with Crippen LogP contribution in [0.4, 0.5) is 10.1 Å². The van der Waals surface area contributed by atoms with Gasteiger partial charge in [-0.05, 0) is 18.2 Å². The summed E-state index contributed by atoms with van der Waals surface area (Å²) < 4.78 is 0. The second-order valence-corrected chi connectivity index (χ2v) is 6.04. The minimum Gasteiger partial charge on any atom is -0.297 e. The van der Waals surface area contributed by atoms with Gasteiger partial charge in [0.05, 0.1) is 15.5 Å². The van der Waals surface area contributed by atoms with E-state index in [4.69, 9.17) is 0 Å². The number of carbonyl (C=O) groups excluding carboxylic acids is 1. The van der Waals surface area contributed by atoms with Gasteiger partial charge in [0, 0.05) is 29.4 Å². The first-order chi connectivity index (χ1) is 10.6. The number of aromatic nitrogens is 2. The molecule has 110 valence electrons. The maximum Gasteiger partial charge on any atom is 0.324 e. The van der Waals surface area contributed by atoms with E-state index in [9.17, 15) is 14.9 Å². The molecule has 3 aromatic rings. The fourth-order valence-electron chi connectivity index (χ4n) is 1.69. The summed E-state index contributed by atoms with van der Waals surface area (Å²) in [6.07, 6.45) is 3.33. The van der Waals surface area contributed by atoms with Crippen molar-refractivity contribution in [3.8, 4) is 11.3 Å². The predicted octanol–water partition coefficient (Wildman–Crippen LogP) is 3.43. The normalized spacial score (nSPS) is 10.4. The summed E-state index contributed by atoms with van der Waals surface area (Å²) in [6.45, 7) is 0. The molecule has 3 aromatic heterocycles. The lowest BCUT2D eigenvalue weighted by molar-refractivity contribution is -0.380. The molecule has 3 rings (SSSR count). The van der Waals surface area contributed by atoms with Crippen LogP contribution in [0.15, 0.2) is 42.0 Å². The van der Waals surface area contributed by atoms with Crippen molar-refractivity contribution in [2.45, 2.75) is 0 Å². The lowest BCUT2D eigenvalue weighted by Gasteiger charge is -1.98. The summed E-state index contributed by atoms with van der Waals surface area (Å²) in [7, 11) is 0. The van der Waals surface area contributed by atoms with E-state index in [1.807, 2.05) is 17.5 Å². The lowest BCUT2D eigenvalue weighted by atomic mass is 10.2. The van der Waals surface area contributed by atoms with Crippen molar-refractivity contribution < 1.29 is 9.72 Å². The number of rotatable bonds is 4. The van der Waals surface area contributed by atoms with Gasteiger partial charge in [0.2, 0.25) is 0 Å². The van der Waals surface area contributed by atoms with Crippen LogP contribution in [0.5, 0.6) is 0 Å². The average Bonchev–Trinajstić information content (AvgIpc) is 3.17. The van der Waals surface area contributed by atoms with Gasteiger partial charge in [0.25, 0.3) is 5.91 Å². The quantitative estimate of drug-likeness (QED) is 0.583. The van der Waals surface area contributed by atoms with Gasteiger partial charge in [-0.2, -0.15) is 0 Å². The Hall–Kier alpha value is -2.65. The summed E-state index contributed by atoms with van der Waals surface area (Å²) in [4.78, 5) is 30.7. The number of amides is 1. The number of carbonyl (C=O) groups is 1. The highest BCUT2D eigenvalue weighted by atomic mass is 32.1. The standard InChI is InChI=1S/C13H8N4O3S2/c18-12(10-1-2-11(22-10)17(19)20)16-13-15-9(7-21-13)8-3-5-14-6-4-8/h1-7H,(H,15,16,18). The number of nitrogens with zero attached hydrogens (tertiary/aromatic N) is 3. The Bertz CT molecular complexity index is 829. The van der Waals surface area contributed by atoms with E-state index in [0.717, 1.165) is 22.6 Å². The van der Waals surface area contributed by atoms with Crippen molar-refractivity contribution in [2.24, 2.45) is 0 Å². The molecular formula is C13H8N4O3S2.